The van der Waals surface area contributed by atoms with Gasteiger partial charge in [-0.05, 0) is 31.1 Å². The molecule has 7 nitrogen and oxygen atoms in total. The zero-order valence-electron chi connectivity index (χ0n) is 23.7. The van der Waals surface area contributed by atoms with Crippen LogP contribution in [0.4, 0.5) is 8.78 Å². The van der Waals surface area contributed by atoms with Crippen LogP contribution in [0, 0.1) is 11.8 Å². The molecule has 41 heavy (non-hydrogen) atoms. The van der Waals surface area contributed by atoms with Crippen molar-refractivity contribution in [3.8, 4) is 11.5 Å². The molecule has 226 valence electrons. The molecule has 0 aliphatic heterocycles. The third-order valence-corrected chi connectivity index (χ3v) is 7.94. The molecule has 4 unspecified atom stereocenters. The first-order valence-corrected chi connectivity index (χ1v) is 14.9. The van der Waals surface area contributed by atoms with E-state index in [-0.39, 0.29) is 0 Å². The average Bonchev–Trinajstić information content (AvgIpc) is 2.95. The molecule has 5 N–H and O–H groups in total. The first-order valence-electron chi connectivity index (χ1n) is 14.9. The van der Waals surface area contributed by atoms with Crippen molar-refractivity contribution in [3.05, 3.63) is 58.8 Å². The number of aromatic hydroxyl groups is 2. The second-order valence-corrected chi connectivity index (χ2v) is 11.0. The monoisotopic (exact) mass is 575 g/mol. The van der Waals surface area contributed by atoms with Crippen molar-refractivity contribution in [1.82, 2.24) is 5.32 Å². The van der Waals surface area contributed by atoms with E-state index in [1.165, 1.54) is 57.4 Å². The third-order valence-electron chi connectivity index (χ3n) is 7.94. The molecule has 0 heterocycles. The molecule has 0 bridgehead atoms. The average molecular weight is 576 g/mol. The number of nitrogens with one attached hydrogen (secondary N) is 1. The molecule has 1 aromatic carbocycles. The number of halogens is 2. The lowest BCUT2D eigenvalue weighted by atomic mass is 9.69. The number of rotatable bonds is 17. The highest BCUT2D eigenvalue weighted by Crippen LogP contribution is 2.46. The van der Waals surface area contributed by atoms with E-state index in [1.807, 2.05) is 0 Å². The minimum atomic E-state index is -1.57. The Labute approximate surface area is 240 Å². The fourth-order valence-corrected chi connectivity index (χ4v) is 5.58. The maximum absolute atomic E-state index is 15.0. The summed E-state index contributed by atoms with van der Waals surface area (Å²) in [6, 6.07) is 0.879. The Morgan fingerprint density at radius 2 is 1.41 bits per heavy atom. The van der Waals surface area contributed by atoms with Gasteiger partial charge < -0.3 is 25.7 Å². The SMILES string of the molecule is CCCCCCCCCCCCC/C=C/C(O)C(CO)NC1=C(F)C(F)=CC2C(=O)c3c(O)ccc(O)c3C(=O)C12. The molecular formula is C32H43F2NO6. The molecule has 0 fully saturated rings. The summed E-state index contributed by atoms with van der Waals surface area (Å²) in [6.45, 7) is 1.54. The van der Waals surface area contributed by atoms with Gasteiger partial charge >= 0.3 is 0 Å². The highest BCUT2D eigenvalue weighted by molar-refractivity contribution is 6.20. The van der Waals surface area contributed by atoms with E-state index in [0.29, 0.717) is 12.5 Å². The van der Waals surface area contributed by atoms with Crippen LogP contribution in [-0.4, -0.2) is 50.7 Å². The number of carbonyl (C=O) groups excluding carboxylic acids is 2. The lowest BCUT2D eigenvalue weighted by Gasteiger charge is -2.36. The topological polar surface area (TPSA) is 127 Å². The van der Waals surface area contributed by atoms with Crippen molar-refractivity contribution >= 4 is 11.6 Å². The molecule has 0 radical (unpaired) electrons. The molecular weight excluding hydrogens is 532 g/mol. The molecule has 4 atom stereocenters. The van der Waals surface area contributed by atoms with Gasteiger partial charge in [-0.1, -0.05) is 83.3 Å². The zero-order chi connectivity index (χ0) is 29.9. The number of hydrogen-bond acceptors (Lipinski definition) is 7. The molecule has 9 heteroatoms. The van der Waals surface area contributed by atoms with Crippen LogP contribution >= 0.6 is 0 Å². The summed E-state index contributed by atoms with van der Waals surface area (Å²) in [5.41, 5.74) is -1.53. The van der Waals surface area contributed by atoms with Crippen LogP contribution in [-0.2, 0) is 0 Å². The molecule has 0 amide bonds. The van der Waals surface area contributed by atoms with Crippen molar-refractivity contribution in [2.24, 2.45) is 11.8 Å². The first-order chi connectivity index (χ1) is 19.7. The smallest absolute Gasteiger partial charge is 0.178 e. The van der Waals surface area contributed by atoms with Crippen LogP contribution in [0.2, 0.25) is 0 Å². The summed E-state index contributed by atoms with van der Waals surface area (Å²) in [7, 11) is 0. The van der Waals surface area contributed by atoms with Crippen molar-refractivity contribution in [2.75, 3.05) is 6.61 Å². The number of allylic oxidation sites excluding steroid dienone is 5. The van der Waals surface area contributed by atoms with Gasteiger partial charge in [0.25, 0.3) is 0 Å². The van der Waals surface area contributed by atoms with Gasteiger partial charge in [-0.15, -0.1) is 0 Å². The lowest BCUT2D eigenvalue weighted by Crippen LogP contribution is -2.48. The molecule has 2 aliphatic rings. The summed E-state index contributed by atoms with van der Waals surface area (Å²) in [4.78, 5) is 26.4. The maximum atomic E-state index is 15.0. The number of hydrogen-bond donors (Lipinski definition) is 5. The molecule has 0 aromatic heterocycles. The highest BCUT2D eigenvalue weighted by atomic mass is 19.2. The number of unbranched alkanes of at least 4 members (excludes halogenated alkanes) is 11. The summed E-state index contributed by atoms with van der Waals surface area (Å²) in [6.07, 6.45) is 16.7. The van der Waals surface area contributed by atoms with E-state index in [1.54, 1.807) is 6.08 Å². The number of ketones is 2. The Hall–Kier alpha value is -3.04. The first kappa shape index (κ1) is 32.5. The van der Waals surface area contributed by atoms with Gasteiger partial charge in [0.15, 0.2) is 23.2 Å². The second-order valence-electron chi connectivity index (χ2n) is 11.0. The van der Waals surface area contributed by atoms with Gasteiger partial charge in [-0.25, -0.2) is 8.78 Å². The fourth-order valence-electron chi connectivity index (χ4n) is 5.58. The Bertz CT molecular complexity index is 1160. The van der Waals surface area contributed by atoms with Gasteiger partial charge in [-0.2, -0.15) is 0 Å². The molecule has 0 saturated carbocycles. The summed E-state index contributed by atoms with van der Waals surface area (Å²) >= 11 is 0. The van der Waals surface area contributed by atoms with Crippen LogP contribution in [0.1, 0.15) is 105 Å². The van der Waals surface area contributed by atoms with Crippen molar-refractivity contribution in [1.29, 1.82) is 0 Å². The van der Waals surface area contributed by atoms with E-state index >= 15 is 4.39 Å². The van der Waals surface area contributed by atoms with Crippen molar-refractivity contribution in [3.63, 3.8) is 0 Å². The normalized spacial score (nSPS) is 20.2. The van der Waals surface area contributed by atoms with Gasteiger partial charge in [0.2, 0.25) is 0 Å². The van der Waals surface area contributed by atoms with Crippen LogP contribution < -0.4 is 5.32 Å². The standard InChI is InChI=1S/C32H43F2NO6/c1-2-3-4-5-6-7-8-9-10-11-12-13-14-15-23(37)22(19-36)35-30-26-20(18-21(33)29(30)34)31(40)27-24(38)16-17-25(39)28(27)32(26)41/h14-18,20,22-23,26,35-39H,2-13,19H2,1H3/b15-14+. The number of carbonyl (C=O) groups is 2. The van der Waals surface area contributed by atoms with Crippen LogP contribution in [0.25, 0.3) is 0 Å². The molecule has 0 saturated heterocycles. The number of phenolic OH excluding ortho intramolecular Hbond substituents is 2. The van der Waals surface area contributed by atoms with Gasteiger partial charge in [0.1, 0.15) is 11.5 Å². The summed E-state index contributed by atoms with van der Waals surface area (Å²) in [5.74, 6) is -8.72. The molecule has 2 aliphatic carbocycles. The predicted octanol–water partition coefficient (Wildman–Crippen LogP) is 6.33. The highest BCUT2D eigenvalue weighted by Gasteiger charge is 2.49. The van der Waals surface area contributed by atoms with Crippen molar-refractivity contribution < 1.29 is 38.8 Å². The Kier molecular flexibility index (Phi) is 12.5. The summed E-state index contributed by atoms with van der Waals surface area (Å²) in [5, 5.41) is 43.5. The Morgan fingerprint density at radius 1 is 0.878 bits per heavy atom. The van der Waals surface area contributed by atoms with E-state index < -0.39 is 82.1 Å². The largest absolute Gasteiger partial charge is 0.507 e. The van der Waals surface area contributed by atoms with E-state index in [2.05, 4.69) is 12.2 Å². The van der Waals surface area contributed by atoms with Crippen molar-refractivity contribution in [2.45, 2.75) is 96.1 Å². The van der Waals surface area contributed by atoms with Gasteiger partial charge in [0.05, 0.1) is 47.4 Å². The number of benzene rings is 1. The second kappa shape index (κ2) is 15.8. The number of Topliss-reactive ketones (excluding diaryl/α,β-unsaturated/α-hetero) is 2. The molecule has 1 aromatic rings. The zero-order valence-corrected chi connectivity index (χ0v) is 23.7. The fraction of sp³-hybridized carbons (Fsp3) is 0.562. The molecule has 3 rings (SSSR count). The number of phenols is 2. The summed E-state index contributed by atoms with van der Waals surface area (Å²) < 4.78 is 29.6. The van der Waals surface area contributed by atoms with Crippen LogP contribution in [0.5, 0.6) is 11.5 Å². The molecule has 0 spiro atoms. The minimum Gasteiger partial charge on any atom is -0.507 e. The quantitative estimate of drug-likeness (QED) is 0.0835. The van der Waals surface area contributed by atoms with Crippen LogP contribution in [0.3, 0.4) is 0 Å². The maximum Gasteiger partial charge on any atom is 0.178 e. The number of aliphatic hydroxyl groups excluding tert-OH is 2. The van der Waals surface area contributed by atoms with Crippen LogP contribution in [0.15, 0.2) is 47.7 Å². The number of aliphatic hydroxyl groups is 2. The predicted molar refractivity (Wildman–Crippen MR) is 153 cm³/mol. The van der Waals surface area contributed by atoms with Gasteiger partial charge in [0, 0.05) is 0 Å². The number of fused-ring (bicyclic) bond motifs is 2. The lowest BCUT2D eigenvalue weighted by molar-refractivity contribution is 0.0762. The Morgan fingerprint density at radius 3 is 1.98 bits per heavy atom. The van der Waals surface area contributed by atoms with Gasteiger partial charge in [-0.3, -0.25) is 9.59 Å². The third kappa shape index (κ3) is 8.04. The minimum absolute atomic E-state index is 0.453. The van der Waals surface area contributed by atoms with E-state index in [4.69, 9.17) is 0 Å². The van der Waals surface area contributed by atoms with E-state index in [9.17, 15) is 34.4 Å². The Balaban J connectivity index is 1.56. The van der Waals surface area contributed by atoms with E-state index in [0.717, 1.165) is 31.4 Å².